The molecular formula is C23H23F3N4O2. The van der Waals surface area contributed by atoms with Gasteiger partial charge in [0.2, 0.25) is 5.91 Å². The molecule has 0 aliphatic rings. The number of nitrogens with one attached hydrogen (secondary N) is 2. The molecule has 0 radical (unpaired) electrons. The van der Waals surface area contributed by atoms with E-state index in [-0.39, 0.29) is 18.0 Å². The largest absolute Gasteiger partial charge is 0.416 e. The fraction of sp³-hybridized carbons (Fsp3) is 0.261. The summed E-state index contributed by atoms with van der Waals surface area (Å²) in [6.07, 6.45) is -4.59. The molecule has 32 heavy (non-hydrogen) atoms. The van der Waals surface area contributed by atoms with Crippen LogP contribution in [0.25, 0.3) is 5.69 Å². The first-order valence-electron chi connectivity index (χ1n) is 9.90. The molecule has 0 aliphatic carbocycles. The van der Waals surface area contributed by atoms with Crippen LogP contribution in [0.4, 0.5) is 13.2 Å². The lowest BCUT2D eigenvalue weighted by molar-refractivity contribution is -0.138. The molecule has 2 N–H and O–H groups in total. The summed E-state index contributed by atoms with van der Waals surface area (Å²) < 4.78 is 42.6. The van der Waals surface area contributed by atoms with E-state index in [1.165, 1.54) is 17.7 Å². The van der Waals surface area contributed by atoms with E-state index in [4.69, 9.17) is 0 Å². The Kier molecular flexibility index (Phi) is 6.67. The van der Waals surface area contributed by atoms with Gasteiger partial charge >= 0.3 is 6.18 Å². The molecule has 0 saturated heterocycles. The van der Waals surface area contributed by atoms with E-state index in [9.17, 15) is 22.8 Å². The molecule has 168 valence electrons. The Bertz CT molecular complexity index is 1140. The summed E-state index contributed by atoms with van der Waals surface area (Å²) in [5.74, 6) is -0.664. The number of benzene rings is 2. The number of alkyl halides is 3. The summed E-state index contributed by atoms with van der Waals surface area (Å²) in [5, 5.41) is 9.42. The number of aromatic nitrogens is 2. The van der Waals surface area contributed by atoms with Crippen molar-refractivity contribution in [2.75, 3.05) is 0 Å². The van der Waals surface area contributed by atoms with E-state index in [1.807, 2.05) is 0 Å². The summed E-state index contributed by atoms with van der Waals surface area (Å²) in [5.41, 5.74) is 1.97. The molecule has 0 unspecified atom stereocenters. The number of carbonyl (C=O) groups excluding carboxylic acids is 2. The third-order valence-electron chi connectivity index (χ3n) is 4.85. The van der Waals surface area contributed by atoms with Gasteiger partial charge in [0.25, 0.3) is 5.91 Å². The van der Waals surface area contributed by atoms with Crippen molar-refractivity contribution in [2.45, 2.75) is 40.0 Å². The highest BCUT2D eigenvalue weighted by atomic mass is 19.4. The van der Waals surface area contributed by atoms with Crippen LogP contribution in [0.15, 0.2) is 48.5 Å². The Balaban J connectivity index is 1.76. The van der Waals surface area contributed by atoms with Crippen molar-refractivity contribution in [3.8, 4) is 5.69 Å². The predicted octanol–water partition coefficient (Wildman–Crippen LogP) is 4.07. The lowest BCUT2D eigenvalue weighted by Gasteiger charge is -2.16. The maximum atomic E-state index is 13.7. The second kappa shape index (κ2) is 9.25. The van der Waals surface area contributed by atoms with Gasteiger partial charge in [-0.1, -0.05) is 18.2 Å². The fourth-order valence-corrected chi connectivity index (χ4v) is 3.28. The van der Waals surface area contributed by atoms with Gasteiger partial charge in [0, 0.05) is 31.3 Å². The number of hydrogen-bond acceptors (Lipinski definition) is 3. The fourth-order valence-electron chi connectivity index (χ4n) is 3.28. The number of amides is 2. The molecule has 0 spiro atoms. The van der Waals surface area contributed by atoms with Crippen LogP contribution in [0.1, 0.15) is 45.4 Å². The lowest BCUT2D eigenvalue weighted by atomic mass is 10.1. The van der Waals surface area contributed by atoms with Crippen LogP contribution in [0.2, 0.25) is 0 Å². The number of nitrogens with zero attached hydrogens (tertiary/aromatic N) is 2. The van der Waals surface area contributed by atoms with E-state index < -0.39 is 17.6 Å². The van der Waals surface area contributed by atoms with E-state index in [2.05, 4.69) is 15.7 Å². The van der Waals surface area contributed by atoms with Crippen LogP contribution in [-0.4, -0.2) is 21.6 Å². The molecule has 0 aliphatic heterocycles. The average Bonchev–Trinajstić information content (AvgIpc) is 3.08. The van der Waals surface area contributed by atoms with E-state index in [0.29, 0.717) is 23.5 Å². The van der Waals surface area contributed by atoms with Crippen molar-refractivity contribution in [3.63, 3.8) is 0 Å². The third-order valence-corrected chi connectivity index (χ3v) is 4.85. The summed E-state index contributed by atoms with van der Waals surface area (Å²) in [6, 6.07) is 12.2. The number of rotatable bonds is 6. The Morgan fingerprint density at radius 1 is 0.969 bits per heavy atom. The van der Waals surface area contributed by atoms with Crippen LogP contribution in [0.5, 0.6) is 0 Å². The Morgan fingerprint density at radius 2 is 1.66 bits per heavy atom. The summed E-state index contributed by atoms with van der Waals surface area (Å²) in [7, 11) is 0. The van der Waals surface area contributed by atoms with Crippen molar-refractivity contribution in [1.82, 2.24) is 20.4 Å². The van der Waals surface area contributed by atoms with Crippen molar-refractivity contribution in [3.05, 3.63) is 82.2 Å². The monoisotopic (exact) mass is 444 g/mol. The van der Waals surface area contributed by atoms with Crippen LogP contribution < -0.4 is 10.6 Å². The van der Waals surface area contributed by atoms with Gasteiger partial charge in [-0.3, -0.25) is 9.59 Å². The van der Waals surface area contributed by atoms with Gasteiger partial charge in [0.05, 0.1) is 16.9 Å². The molecule has 1 aromatic heterocycles. The zero-order chi connectivity index (χ0) is 23.5. The molecular weight excluding hydrogens is 421 g/mol. The van der Waals surface area contributed by atoms with Gasteiger partial charge in [-0.2, -0.15) is 18.3 Å². The molecule has 0 fully saturated rings. The lowest BCUT2D eigenvalue weighted by Crippen LogP contribution is -2.25. The number of aryl methyl sites for hydroxylation is 2. The van der Waals surface area contributed by atoms with Crippen LogP contribution in [0, 0.1) is 13.8 Å². The number of hydrogen-bond donors (Lipinski definition) is 2. The molecule has 3 rings (SSSR count). The van der Waals surface area contributed by atoms with Crippen LogP contribution >= 0.6 is 0 Å². The molecule has 3 aromatic rings. The minimum atomic E-state index is -4.59. The predicted molar refractivity (Wildman–Crippen MR) is 113 cm³/mol. The Hall–Kier alpha value is -3.62. The molecule has 0 saturated carbocycles. The van der Waals surface area contributed by atoms with Crippen molar-refractivity contribution >= 4 is 11.8 Å². The van der Waals surface area contributed by atoms with E-state index in [1.54, 1.807) is 50.2 Å². The highest BCUT2D eigenvalue weighted by molar-refractivity contribution is 5.94. The van der Waals surface area contributed by atoms with E-state index in [0.717, 1.165) is 17.3 Å². The molecule has 0 bridgehead atoms. The smallest absolute Gasteiger partial charge is 0.352 e. The summed E-state index contributed by atoms with van der Waals surface area (Å²) >= 11 is 0. The first-order chi connectivity index (χ1) is 15.0. The van der Waals surface area contributed by atoms with Gasteiger partial charge in [-0.05, 0) is 55.3 Å². The standard InChI is InChI=1S/C23H23F3N4O2/c1-14-10-15(2)30(29-14)20-9-8-19(21(11-20)23(24,25)26)13-28-22(32)18-6-4-17(5-7-18)12-27-16(3)31/h4-11H,12-13H2,1-3H3,(H,27,31)(H,28,32). The van der Waals surface area contributed by atoms with Gasteiger partial charge in [0.15, 0.2) is 0 Å². The zero-order valence-corrected chi connectivity index (χ0v) is 17.9. The molecule has 0 atom stereocenters. The third kappa shape index (κ3) is 5.54. The zero-order valence-electron chi connectivity index (χ0n) is 17.9. The van der Waals surface area contributed by atoms with E-state index >= 15 is 0 Å². The Morgan fingerprint density at radius 3 is 2.22 bits per heavy atom. The molecule has 6 nitrogen and oxygen atoms in total. The second-order valence-electron chi connectivity index (χ2n) is 7.47. The second-order valence-corrected chi connectivity index (χ2v) is 7.47. The minimum absolute atomic E-state index is 0.0431. The summed E-state index contributed by atoms with van der Waals surface area (Å²) in [4.78, 5) is 23.4. The highest BCUT2D eigenvalue weighted by Crippen LogP contribution is 2.33. The van der Waals surface area contributed by atoms with Gasteiger partial charge in [-0.15, -0.1) is 0 Å². The molecule has 2 aromatic carbocycles. The highest BCUT2D eigenvalue weighted by Gasteiger charge is 2.34. The molecule has 2 amide bonds. The maximum Gasteiger partial charge on any atom is 0.416 e. The Labute approximate surface area is 183 Å². The minimum Gasteiger partial charge on any atom is -0.352 e. The SMILES string of the molecule is CC(=O)NCc1ccc(C(=O)NCc2ccc(-n3nc(C)cc3C)cc2C(F)(F)F)cc1. The number of carbonyl (C=O) groups is 2. The topological polar surface area (TPSA) is 76.0 Å². The van der Waals surface area contributed by atoms with Crippen molar-refractivity contribution < 1.29 is 22.8 Å². The van der Waals surface area contributed by atoms with Gasteiger partial charge in [0.1, 0.15) is 0 Å². The summed E-state index contributed by atoms with van der Waals surface area (Å²) in [6.45, 7) is 4.99. The van der Waals surface area contributed by atoms with Crippen molar-refractivity contribution in [2.24, 2.45) is 0 Å². The first kappa shape index (κ1) is 23.1. The quantitative estimate of drug-likeness (QED) is 0.602. The first-order valence-corrected chi connectivity index (χ1v) is 9.90. The van der Waals surface area contributed by atoms with Gasteiger partial charge in [-0.25, -0.2) is 4.68 Å². The molecule has 1 heterocycles. The average molecular weight is 444 g/mol. The maximum absolute atomic E-state index is 13.7. The molecule has 9 heteroatoms. The van der Waals surface area contributed by atoms with Crippen molar-refractivity contribution in [1.29, 1.82) is 0 Å². The van der Waals surface area contributed by atoms with Gasteiger partial charge < -0.3 is 10.6 Å². The van der Waals surface area contributed by atoms with Crippen LogP contribution in [0.3, 0.4) is 0 Å². The number of halogens is 3. The van der Waals surface area contributed by atoms with Crippen LogP contribution in [-0.2, 0) is 24.1 Å². The normalized spacial score (nSPS) is 11.3.